The van der Waals surface area contributed by atoms with Crippen molar-refractivity contribution in [1.29, 1.82) is 0 Å². The number of rotatable bonds is 7. The fraction of sp³-hybridized carbons (Fsp3) is 0.364. The number of para-hydroxylation sites is 1. The van der Waals surface area contributed by atoms with E-state index in [0.717, 1.165) is 29.7 Å². The lowest BCUT2D eigenvalue weighted by molar-refractivity contribution is -0.119. The van der Waals surface area contributed by atoms with Crippen molar-refractivity contribution >= 4 is 33.2 Å². The van der Waals surface area contributed by atoms with Gasteiger partial charge in [0.15, 0.2) is 0 Å². The Kier molecular flexibility index (Phi) is 5.62. The predicted molar refractivity (Wildman–Crippen MR) is 115 cm³/mol. The maximum atomic E-state index is 12.6. The van der Waals surface area contributed by atoms with Crippen LogP contribution < -0.4 is 14.9 Å². The third-order valence-corrected chi connectivity index (χ3v) is 6.97. The van der Waals surface area contributed by atoms with Crippen molar-refractivity contribution in [2.45, 2.75) is 37.5 Å². The molecule has 8 heteroatoms. The SMILES string of the molecule is Cc1ccccc1NC(=O)CCNS(=O)(=O)c1ccc2c(c1)CCN2C(=O)C1CC1. The van der Waals surface area contributed by atoms with Crippen LogP contribution in [-0.2, 0) is 26.0 Å². The van der Waals surface area contributed by atoms with Crippen LogP contribution in [0.5, 0.6) is 0 Å². The number of benzene rings is 2. The van der Waals surface area contributed by atoms with Crippen LogP contribution in [-0.4, -0.2) is 33.3 Å². The second kappa shape index (κ2) is 8.20. The fourth-order valence-electron chi connectivity index (χ4n) is 3.63. The lowest BCUT2D eigenvalue weighted by atomic mass is 10.2. The molecule has 1 aliphatic carbocycles. The van der Waals surface area contributed by atoms with E-state index in [0.29, 0.717) is 18.7 Å². The third kappa shape index (κ3) is 4.39. The van der Waals surface area contributed by atoms with Crippen LogP contribution in [0.1, 0.15) is 30.4 Å². The monoisotopic (exact) mass is 427 g/mol. The van der Waals surface area contributed by atoms with Crippen molar-refractivity contribution in [3.05, 3.63) is 53.6 Å². The van der Waals surface area contributed by atoms with Gasteiger partial charge in [-0.05, 0) is 61.6 Å². The average Bonchev–Trinajstić information content (AvgIpc) is 3.48. The lowest BCUT2D eigenvalue weighted by Crippen LogP contribution is -2.30. The molecule has 0 aromatic heterocycles. The zero-order valence-electron chi connectivity index (χ0n) is 16.8. The minimum Gasteiger partial charge on any atom is -0.326 e. The molecule has 0 spiro atoms. The average molecular weight is 428 g/mol. The highest BCUT2D eigenvalue weighted by atomic mass is 32.2. The molecule has 0 unspecified atom stereocenters. The highest BCUT2D eigenvalue weighted by Gasteiger charge is 2.36. The topological polar surface area (TPSA) is 95.6 Å². The summed E-state index contributed by atoms with van der Waals surface area (Å²) in [6, 6.07) is 12.3. The van der Waals surface area contributed by atoms with Crippen molar-refractivity contribution in [3.63, 3.8) is 0 Å². The molecular formula is C22H25N3O4S. The number of anilines is 2. The molecule has 1 aliphatic heterocycles. The predicted octanol–water partition coefficient (Wildman–Crippen LogP) is 2.60. The van der Waals surface area contributed by atoms with E-state index in [4.69, 9.17) is 0 Å². The van der Waals surface area contributed by atoms with Crippen molar-refractivity contribution in [1.82, 2.24) is 4.72 Å². The summed E-state index contributed by atoms with van der Waals surface area (Å²) >= 11 is 0. The van der Waals surface area contributed by atoms with Crippen LogP contribution in [0.25, 0.3) is 0 Å². The number of sulfonamides is 1. The van der Waals surface area contributed by atoms with Crippen molar-refractivity contribution < 1.29 is 18.0 Å². The second-order valence-electron chi connectivity index (χ2n) is 7.82. The minimum absolute atomic E-state index is 0.00340. The quantitative estimate of drug-likeness (QED) is 0.710. The Morgan fingerprint density at radius 3 is 2.63 bits per heavy atom. The summed E-state index contributed by atoms with van der Waals surface area (Å²) in [6.07, 6.45) is 2.56. The molecule has 1 saturated carbocycles. The van der Waals surface area contributed by atoms with E-state index >= 15 is 0 Å². The second-order valence-corrected chi connectivity index (χ2v) is 9.58. The molecular weight excluding hydrogens is 402 g/mol. The summed E-state index contributed by atoms with van der Waals surface area (Å²) in [5.74, 6) is 0.0178. The molecule has 0 bridgehead atoms. The number of nitrogens with zero attached hydrogens (tertiary/aromatic N) is 1. The van der Waals surface area contributed by atoms with Crippen molar-refractivity contribution in [3.8, 4) is 0 Å². The van der Waals surface area contributed by atoms with Gasteiger partial charge in [-0.15, -0.1) is 0 Å². The van der Waals surface area contributed by atoms with Crippen LogP contribution in [0.2, 0.25) is 0 Å². The number of hydrogen-bond acceptors (Lipinski definition) is 4. The van der Waals surface area contributed by atoms with Crippen LogP contribution >= 0.6 is 0 Å². The Balaban J connectivity index is 1.35. The first-order valence-corrected chi connectivity index (χ1v) is 11.6. The molecule has 0 radical (unpaired) electrons. The molecule has 0 atom stereocenters. The van der Waals surface area contributed by atoms with Crippen LogP contribution in [0.4, 0.5) is 11.4 Å². The van der Waals surface area contributed by atoms with Crippen molar-refractivity contribution in [2.75, 3.05) is 23.3 Å². The van der Waals surface area contributed by atoms with Gasteiger partial charge >= 0.3 is 0 Å². The van der Waals surface area contributed by atoms with Crippen molar-refractivity contribution in [2.24, 2.45) is 5.92 Å². The molecule has 30 heavy (non-hydrogen) atoms. The third-order valence-electron chi connectivity index (χ3n) is 5.51. The normalized spacial score (nSPS) is 15.7. The Morgan fingerprint density at radius 1 is 1.13 bits per heavy atom. The van der Waals surface area contributed by atoms with E-state index in [9.17, 15) is 18.0 Å². The van der Waals surface area contributed by atoms with E-state index in [1.807, 2.05) is 25.1 Å². The highest BCUT2D eigenvalue weighted by Crippen LogP contribution is 2.37. The largest absolute Gasteiger partial charge is 0.326 e. The van der Waals surface area contributed by atoms with Gasteiger partial charge in [-0.25, -0.2) is 13.1 Å². The van der Waals surface area contributed by atoms with Crippen LogP contribution in [0.15, 0.2) is 47.4 Å². The van der Waals surface area contributed by atoms with E-state index in [1.54, 1.807) is 23.1 Å². The Morgan fingerprint density at radius 2 is 1.90 bits per heavy atom. The smallest absolute Gasteiger partial charge is 0.240 e. The van der Waals surface area contributed by atoms with Crippen LogP contribution in [0.3, 0.4) is 0 Å². The van der Waals surface area contributed by atoms with Gasteiger partial charge in [-0.1, -0.05) is 18.2 Å². The number of fused-ring (bicyclic) bond motifs is 1. The number of amides is 2. The summed E-state index contributed by atoms with van der Waals surface area (Å²) in [6.45, 7) is 2.50. The first-order valence-electron chi connectivity index (χ1n) is 10.1. The van der Waals surface area contributed by atoms with E-state index in [-0.39, 0.29) is 35.6 Å². The maximum Gasteiger partial charge on any atom is 0.240 e. The van der Waals surface area contributed by atoms with Crippen LogP contribution in [0, 0.1) is 12.8 Å². The van der Waals surface area contributed by atoms with Gasteiger partial charge in [-0.2, -0.15) is 0 Å². The zero-order valence-corrected chi connectivity index (χ0v) is 17.7. The molecule has 2 aromatic carbocycles. The molecule has 2 amide bonds. The van der Waals surface area contributed by atoms with Gasteiger partial charge in [0.2, 0.25) is 21.8 Å². The number of nitrogens with one attached hydrogen (secondary N) is 2. The van der Waals surface area contributed by atoms with Gasteiger partial charge in [0.05, 0.1) is 4.90 Å². The number of carbonyl (C=O) groups is 2. The highest BCUT2D eigenvalue weighted by molar-refractivity contribution is 7.89. The Bertz CT molecular complexity index is 1090. The fourth-order valence-corrected chi connectivity index (χ4v) is 4.72. The molecule has 2 N–H and O–H groups in total. The lowest BCUT2D eigenvalue weighted by Gasteiger charge is -2.17. The van der Waals surface area contributed by atoms with Gasteiger partial charge in [0.1, 0.15) is 0 Å². The maximum absolute atomic E-state index is 12.6. The van der Waals surface area contributed by atoms with Gasteiger partial charge < -0.3 is 10.2 Å². The first kappa shape index (κ1) is 20.6. The Hall–Kier alpha value is -2.71. The van der Waals surface area contributed by atoms with E-state index in [2.05, 4.69) is 10.0 Å². The van der Waals surface area contributed by atoms with E-state index in [1.165, 1.54) is 6.07 Å². The van der Waals surface area contributed by atoms with Gasteiger partial charge in [-0.3, -0.25) is 9.59 Å². The molecule has 0 saturated heterocycles. The number of aryl methyl sites for hydroxylation is 1. The summed E-state index contributed by atoms with van der Waals surface area (Å²) < 4.78 is 27.8. The molecule has 2 aromatic rings. The summed E-state index contributed by atoms with van der Waals surface area (Å²) in [5.41, 5.74) is 3.33. The van der Waals surface area contributed by atoms with E-state index < -0.39 is 10.0 Å². The molecule has 1 heterocycles. The summed E-state index contributed by atoms with van der Waals surface area (Å²) in [5, 5.41) is 2.79. The molecule has 158 valence electrons. The number of hydrogen-bond donors (Lipinski definition) is 2. The summed E-state index contributed by atoms with van der Waals surface area (Å²) in [7, 11) is -3.73. The Labute approximate surface area is 176 Å². The molecule has 7 nitrogen and oxygen atoms in total. The standard InChI is InChI=1S/C22H25N3O4S/c1-15-4-2-3-5-19(15)24-21(26)10-12-23-30(28,29)18-8-9-20-17(14-18)11-13-25(20)22(27)16-6-7-16/h2-5,8-9,14,16,23H,6-7,10-13H2,1H3,(H,24,26). The molecule has 2 aliphatic rings. The number of carbonyl (C=O) groups excluding carboxylic acids is 2. The molecule has 4 rings (SSSR count). The minimum atomic E-state index is -3.73. The summed E-state index contributed by atoms with van der Waals surface area (Å²) in [4.78, 5) is 26.4. The van der Waals surface area contributed by atoms with Gasteiger partial charge in [0.25, 0.3) is 0 Å². The van der Waals surface area contributed by atoms with Gasteiger partial charge in [0, 0.05) is 36.8 Å². The zero-order chi connectivity index (χ0) is 21.3. The first-order chi connectivity index (χ1) is 14.3. The molecule has 1 fully saturated rings.